The number of rotatable bonds is 6. The molecular weight excluding hydrogens is 354 g/mol. The van der Waals surface area contributed by atoms with Crippen molar-refractivity contribution in [1.29, 1.82) is 0 Å². The van der Waals surface area contributed by atoms with Gasteiger partial charge in [-0.05, 0) is 43.0 Å². The van der Waals surface area contributed by atoms with E-state index in [1.165, 1.54) is 25.3 Å². The fourth-order valence-electron chi connectivity index (χ4n) is 2.65. The number of anilines is 1. The van der Waals surface area contributed by atoms with Gasteiger partial charge in [-0.15, -0.1) is 0 Å². The van der Waals surface area contributed by atoms with Crippen LogP contribution in [-0.4, -0.2) is 26.2 Å². The smallest absolute Gasteiger partial charge is 0.308 e. The molecule has 5 nitrogen and oxygen atoms in total. The van der Waals surface area contributed by atoms with Crippen molar-refractivity contribution in [3.05, 3.63) is 65.2 Å². The third kappa shape index (κ3) is 8.25. The van der Waals surface area contributed by atoms with E-state index in [2.05, 4.69) is 33.7 Å². The maximum atomic E-state index is 11.2. The average molecular weight is 386 g/mol. The van der Waals surface area contributed by atoms with Gasteiger partial charge in [0.05, 0.1) is 26.1 Å². The summed E-state index contributed by atoms with van der Waals surface area (Å²) in [5.41, 5.74) is 9.79. The van der Waals surface area contributed by atoms with Crippen LogP contribution >= 0.6 is 0 Å². The molecule has 0 amide bonds. The molecule has 152 valence electrons. The molecule has 2 unspecified atom stereocenters. The van der Waals surface area contributed by atoms with Gasteiger partial charge in [0.1, 0.15) is 0 Å². The van der Waals surface area contributed by atoms with E-state index in [1.807, 2.05) is 45.0 Å². The van der Waals surface area contributed by atoms with Crippen LogP contribution in [0.25, 0.3) is 0 Å². The Hall–Kier alpha value is -2.82. The highest BCUT2D eigenvalue weighted by Crippen LogP contribution is 2.12. The van der Waals surface area contributed by atoms with Gasteiger partial charge in [-0.3, -0.25) is 9.59 Å². The van der Waals surface area contributed by atoms with Crippen LogP contribution in [0.4, 0.5) is 5.69 Å². The number of methoxy groups -OCH3 is 2. The first kappa shape index (κ1) is 23.2. The summed E-state index contributed by atoms with van der Waals surface area (Å²) >= 11 is 0. The number of hydrogen-bond donors (Lipinski definition) is 1. The molecule has 0 radical (unpaired) electrons. The maximum absolute atomic E-state index is 11.2. The summed E-state index contributed by atoms with van der Waals surface area (Å²) in [5, 5.41) is 0. The van der Waals surface area contributed by atoms with Crippen molar-refractivity contribution in [1.82, 2.24) is 0 Å². The highest BCUT2D eigenvalue weighted by atomic mass is 16.5. The third-order valence-corrected chi connectivity index (χ3v) is 4.39. The number of nitrogens with two attached hydrogens (primary N) is 1. The molecule has 28 heavy (non-hydrogen) atoms. The minimum atomic E-state index is -0.179. The van der Waals surface area contributed by atoms with Crippen LogP contribution in [0.2, 0.25) is 0 Å². The quantitative estimate of drug-likeness (QED) is 0.601. The molecular formula is C23H31NO4. The lowest BCUT2D eigenvalue weighted by Gasteiger charge is -2.08. The third-order valence-electron chi connectivity index (χ3n) is 4.39. The summed E-state index contributed by atoms with van der Waals surface area (Å²) in [5.74, 6) is -0.501. The van der Waals surface area contributed by atoms with E-state index < -0.39 is 0 Å². The van der Waals surface area contributed by atoms with Crippen molar-refractivity contribution >= 4 is 17.6 Å². The largest absolute Gasteiger partial charge is 0.469 e. The van der Waals surface area contributed by atoms with Crippen LogP contribution in [0, 0.1) is 18.8 Å². The van der Waals surface area contributed by atoms with E-state index in [-0.39, 0.29) is 23.8 Å². The number of carbonyl (C=O) groups is 2. The Kier molecular flexibility index (Phi) is 9.79. The van der Waals surface area contributed by atoms with Crippen molar-refractivity contribution in [2.45, 2.75) is 33.6 Å². The second-order valence-electron chi connectivity index (χ2n) is 6.98. The molecule has 0 aromatic heterocycles. The molecule has 2 atom stereocenters. The first-order valence-electron chi connectivity index (χ1n) is 9.32. The number of esters is 2. The molecule has 2 aromatic carbocycles. The van der Waals surface area contributed by atoms with Crippen LogP contribution < -0.4 is 5.73 Å². The number of hydrogen-bond acceptors (Lipinski definition) is 5. The molecule has 0 saturated heterocycles. The van der Waals surface area contributed by atoms with E-state index in [4.69, 9.17) is 5.73 Å². The van der Waals surface area contributed by atoms with E-state index >= 15 is 0 Å². The number of carbonyl (C=O) groups excluding carboxylic acids is 2. The standard InChI is InChI=1S/C12H16O2.C11H15NO2/c1-9-4-6-11(7-5-9)8-10(2)12(13)14-3;1-8(11(13)14-2)7-9-3-5-10(12)6-4-9/h4-7,10H,8H2,1-3H3;3-6,8H,7,12H2,1-2H3. The summed E-state index contributed by atoms with van der Waals surface area (Å²) in [4.78, 5) is 22.3. The first-order chi connectivity index (χ1) is 13.3. The lowest BCUT2D eigenvalue weighted by Crippen LogP contribution is -2.15. The molecule has 5 heteroatoms. The Labute approximate surface area is 167 Å². The van der Waals surface area contributed by atoms with Crippen LogP contribution in [0.15, 0.2) is 48.5 Å². The summed E-state index contributed by atoms with van der Waals surface area (Å²) in [6.07, 6.45) is 1.43. The van der Waals surface area contributed by atoms with Crippen molar-refractivity contribution in [3.8, 4) is 0 Å². The fraction of sp³-hybridized carbons (Fsp3) is 0.391. The number of aryl methyl sites for hydroxylation is 1. The summed E-state index contributed by atoms with van der Waals surface area (Å²) in [7, 11) is 2.83. The molecule has 2 N–H and O–H groups in total. The molecule has 2 rings (SSSR count). The van der Waals surface area contributed by atoms with Gasteiger partial charge in [0, 0.05) is 5.69 Å². The van der Waals surface area contributed by atoms with Crippen molar-refractivity contribution in [3.63, 3.8) is 0 Å². The van der Waals surface area contributed by atoms with Gasteiger partial charge in [-0.25, -0.2) is 0 Å². The number of ether oxygens (including phenoxy) is 2. The van der Waals surface area contributed by atoms with E-state index in [0.29, 0.717) is 6.42 Å². The highest BCUT2D eigenvalue weighted by Gasteiger charge is 2.13. The molecule has 0 spiro atoms. The fourth-order valence-corrected chi connectivity index (χ4v) is 2.65. The Bertz CT molecular complexity index is 673. The van der Waals surface area contributed by atoms with Crippen molar-refractivity contribution in [2.75, 3.05) is 20.0 Å². The van der Waals surface area contributed by atoms with Gasteiger partial charge >= 0.3 is 11.9 Å². The Morgan fingerprint density at radius 2 is 1.14 bits per heavy atom. The second kappa shape index (κ2) is 11.8. The van der Waals surface area contributed by atoms with Gasteiger partial charge in [-0.1, -0.05) is 55.8 Å². The van der Waals surface area contributed by atoms with Crippen LogP contribution in [0.5, 0.6) is 0 Å². The van der Waals surface area contributed by atoms with Gasteiger partial charge in [0.25, 0.3) is 0 Å². The van der Waals surface area contributed by atoms with Crippen molar-refractivity contribution in [2.24, 2.45) is 11.8 Å². The molecule has 0 aliphatic rings. The van der Waals surface area contributed by atoms with Gasteiger partial charge < -0.3 is 15.2 Å². The zero-order valence-electron chi connectivity index (χ0n) is 17.4. The van der Waals surface area contributed by atoms with Gasteiger partial charge in [0.15, 0.2) is 0 Å². The van der Waals surface area contributed by atoms with Crippen LogP contribution in [0.3, 0.4) is 0 Å². The lowest BCUT2D eigenvalue weighted by atomic mass is 10.0. The van der Waals surface area contributed by atoms with Gasteiger partial charge in [0.2, 0.25) is 0 Å². The van der Waals surface area contributed by atoms with Crippen LogP contribution in [-0.2, 0) is 31.9 Å². The van der Waals surface area contributed by atoms with Crippen molar-refractivity contribution < 1.29 is 19.1 Å². The van der Waals surface area contributed by atoms with Crippen LogP contribution in [0.1, 0.15) is 30.5 Å². The molecule has 2 aromatic rings. The normalized spacial score (nSPS) is 12.2. The second-order valence-corrected chi connectivity index (χ2v) is 6.98. The summed E-state index contributed by atoms with van der Waals surface area (Å²) < 4.78 is 9.31. The molecule has 0 heterocycles. The predicted octanol–water partition coefficient (Wildman–Crippen LogP) is 3.97. The summed E-state index contributed by atoms with van der Waals surface area (Å²) in [6, 6.07) is 15.7. The zero-order chi connectivity index (χ0) is 21.1. The molecule has 0 saturated carbocycles. The maximum Gasteiger partial charge on any atom is 0.308 e. The number of nitrogen functional groups attached to an aromatic ring is 1. The minimum Gasteiger partial charge on any atom is -0.469 e. The monoisotopic (exact) mass is 385 g/mol. The topological polar surface area (TPSA) is 78.6 Å². The van der Waals surface area contributed by atoms with Gasteiger partial charge in [-0.2, -0.15) is 0 Å². The minimum absolute atomic E-state index is 0.0669. The molecule has 0 fully saturated rings. The van der Waals surface area contributed by atoms with E-state index in [9.17, 15) is 9.59 Å². The highest BCUT2D eigenvalue weighted by molar-refractivity contribution is 5.72. The first-order valence-corrected chi connectivity index (χ1v) is 9.32. The Balaban J connectivity index is 0.000000280. The Morgan fingerprint density at radius 3 is 1.50 bits per heavy atom. The number of benzene rings is 2. The predicted molar refractivity (Wildman–Crippen MR) is 112 cm³/mol. The lowest BCUT2D eigenvalue weighted by molar-refractivity contribution is -0.145. The zero-order valence-corrected chi connectivity index (χ0v) is 17.4. The summed E-state index contributed by atoms with van der Waals surface area (Å²) in [6.45, 7) is 5.78. The molecule has 0 bridgehead atoms. The SMILES string of the molecule is COC(=O)C(C)Cc1ccc(C)cc1.COC(=O)C(C)Cc1ccc(N)cc1. The van der Waals surface area contributed by atoms with E-state index in [0.717, 1.165) is 17.7 Å². The Morgan fingerprint density at radius 1 is 0.786 bits per heavy atom. The molecule has 0 aliphatic carbocycles. The molecule has 0 aliphatic heterocycles. The van der Waals surface area contributed by atoms with E-state index in [1.54, 1.807) is 0 Å². The average Bonchev–Trinajstić information content (AvgIpc) is 2.70.